The number of hydrogen-bond acceptors (Lipinski definition) is 4. The summed E-state index contributed by atoms with van der Waals surface area (Å²) in [5, 5.41) is 7.55. The average Bonchev–Trinajstić information content (AvgIpc) is 3.02. The lowest BCUT2D eigenvalue weighted by molar-refractivity contribution is -0.120. The van der Waals surface area contributed by atoms with Crippen molar-refractivity contribution < 1.29 is 14.1 Å². The molecule has 0 aliphatic rings. The first-order valence-corrected chi connectivity index (χ1v) is 7.98. The Balaban J connectivity index is 1.43. The van der Waals surface area contributed by atoms with Gasteiger partial charge in [0.05, 0.1) is 13.0 Å². The van der Waals surface area contributed by atoms with Crippen molar-refractivity contribution in [3.63, 3.8) is 0 Å². The number of hydrogen-bond donors (Lipinski definition) is 1. The van der Waals surface area contributed by atoms with Crippen LogP contribution in [0.15, 0.2) is 53.1 Å². The standard InChI is InChI=1S/C20H18N2O3/c1-15-8-2-4-10-18(15)24-13-7-6-12-21-20(23)14-17-16-9-3-5-11-19(16)25-22-17/h2-5,8-11H,12-14H2,1H3,(H,21,23). The van der Waals surface area contributed by atoms with Gasteiger partial charge in [-0.25, -0.2) is 0 Å². The van der Waals surface area contributed by atoms with Crippen LogP contribution in [0.5, 0.6) is 5.75 Å². The lowest BCUT2D eigenvalue weighted by Crippen LogP contribution is -2.25. The van der Waals surface area contributed by atoms with Gasteiger partial charge in [0, 0.05) is 5.39 Å². The van der Waals surface area contributed by atoms with Crippen LogP contribution >= 0.6 is 0 Å². The zero-order valence-electron chi connectivity index (χ0n) is 13.9. The predicted molar refractivity (Wildman–Crippen MR) is 95.2 cm³/mol. The monoisotopic (exact) mass is 334 g/mol. The van der Waals surface area contributed by atoms with Gasteiger partial charge in [-0.15, -0.1) is 0 Å². The van der Waals surface area contributed by atoms with Crippen molar-refractivity contribution in [3.05, 3.63) is 59.8 Å². The topological polar surface area (TPSA) is 64.4 Å². The number of ether oxygens (including phenoxy) is 1. The van der Waals surface area contributed by atoms with Crippen molar-refractivity contribution in [2.75, 3.05) is 13.2 Å². The summed E-state index contributed by atoms with van der Waals surface area (Å²) in [5.74, 6) is 6.43. The van der Waals surface area contributed by atoms with E-state index in [0.29, 0.717) is 11.3 Å². The Kier molecular flexibility index (Phi) is 5.32. The number of aromatic nitrogens is 1. The number of benzene rings is 2. The lowest BCUT2D eigenvalue weighted by atomic mass is 10.1. The van der Waals surface area contributed by atoms with Gasteiger partial charge in [0.15, 0.2) is 5.58 Å². The number of nitrogens with zero attached hydrogens (tertiary/aromatic N) is 1. The van der Waals surface area contributed by atoms with Crippen LogP contribution in [0.2, 0.25) is 0 Å². The number of para-hydroxylation sites is 2. The minimum Gasteiger partial charge on any atom is -0.481 e. The van der Waals surface area contributed by atoms with Gasteiger partial charge in [-0.2, -0.15) is 0 Å². The summed E-state index contributed by atoms with van der Waals surface area (Å²) in [6.07, 6.45) is 0.165. The van der Waals surface area contributed by atoms with Gasteiger partial charge < -0.3 is 14.6 Å². The molecular formula is C20H18N2O3. The van der Waals surface area contributed by atoms with Crippen LogP contribution in [0.3, 0.4) is 0 Å². The second kappa shape index (κ2) is 8.02. The molecule has 0 bridgehead atoms. The van der Waals surface area contributed by atoms with Gasteiger partial charge in [-0.3, -0.25) is 4.79 Å². The van der Waals surface area contributed by atoms with Crippen molar-refractivity contribution in [3.8, 4) is 17.6 Å². The first-order chi connectivity index (χ1) is 12.2. The first kappa shape index (κ1) is 16.6. The fourth-order valence-corrected chi connectivity index (χ4v) is 2.37. The summed E-state index contributed by atoms with van der Waals surface area (Å²) in [5.41, 5.74) is 2.37. The third-order valence-electron chi connectivity index (χ3n) is 3.67. The van der Waals surface area contributed by atoms with E-state index >= 15 is 0 Å². The molecule has 1 aromatic heterocycles. The Morgan fingerprint density at radius 3 is 2.84 bits per heavy atom. The van der Waals surface area contributed by atoms with E-state index in [1.54, 1.807) is 0 Å². The average molecular weight is 334 g/mol. The minimum atomic E-state index is -0.145. The molecule has 126 valence electrons. The number of fused-ring (bicyclic) bond motifs is 1. The van der Waals surface area contributed by atoms with E-state index in [0.717, 1.165) is 16.7 Å². The largest absolute Gasteiger partial charge is 0.481 e. The molecule has 0 saturated heterocycles. The van der Waals surface area contributed by atoms with Gasteiger partial charge in [-0.05, 0) is 30.7 Å². The van der Waals surface area contributed by atoms with Gasteiger partial charge in [0.1, 0.15) is 18.1 Å². The van der Waals surface area contributed by atoms with Crippen LogP contribution in [0.25, 0.3) is 11.0 Å². The van der Waals surface area contributed by atoms with E-state index in [4.69, 9.17) is 9.26 Å². The van der Waals surface area contributed by atoms with E-state index in [9.17, 15) is 4.79 Å². The highest BCUT2D eigenvalue weighted by molar-refractivity contribution is 5.86. The summed E-state index contributed by atoms with van der Waals surface area (Å²) < 4.78 is 10.8. The number of aryl methyl sites for hydroxylation is 1. The molecular weight excluding hydrogens is 316 g/mol. The molecule has 0 radical (unpaired) electrons. The maximum Gasteiger partial charge on any atom is 0.226 e. The van der Waals surface area contributed by atoms with Gasteiger partial charge >= 0.3 is 0 Å². The molecule has 1 N–H and O–H groups in total. The van der Waals surface area contributed by atoms with Crippen molar-refractivity contribution in [1.82, 2.24) is 10.5 Å². The van der Waals surface area contributed by atoms with Crippen LogP contribution in [-0.4, -0.2) is 24.2 Å². The summed E-state index contributed by atoms with van der Waals surface area (Å²) in [7, 11) is 0. The van der Waals surface area contributed by atoms with Crippen molar-refractivity contribution >= 4 is 16.9 Å². The van der Waals surface area contributed by atoms with E-state index in [1.165, 1.54) is 0 Å². The number of rotatable bonds is 5. The molecule has 0 atom stereocenters. The second-order valence-electron chi connectivity index (χ2n) is 5.49. The number of carbonyl (C=O) groups excluding carboxylic acids is 1. The summed E-state index contributed by atoms with van der Waals surface area (Å²) >= 11 is 0. The Morgan fingerprint density at radius 2 is 1.96 bits per heavy atom. The molecule has 0 fully saturated rings. The normalized spacial score (nSPS) is 10.1. The fraction of sp³-hybridized carbons (Fsp3) is 0.200. The third kappa shape index (κ3) is 4.39. The van der Waals surface area contributed by atoms with Crippen molar-refractivity contribution in [1.29, 1.82) is 0 Å². The van der Waals surface area contributed by atoms with Crippen LogP contribution in [0.4, 0.5) is 0 Å². The van der Waals surface area contributed by atoms with Crippen LogP contribution in [-0.2, 0) is 11.2 Å². The summed E-state index contributed by atoms with van der Waals surface area (Å²) in [6.45, 7) is 2.54. The van der Waals surface area contributed by atoms with E-state index in [1.807, 2.05) is 55.5 Å². The Morgan fingerprint density at radius 1 is 1.16 bits per heavy atom. The molecule has 2 aromatic carbocycles. The maximum absolute atomic E-state index is 12.0. The third-order valence-corrected chi connectivity index (χ3v) is 3.67. The highest BCUT2D eigenvalue weighted by Crippen LogP contribution is 2.18. The number of amides is 1. The molecule has 1 amide bonds. The molecule has 5 heteroatoms. The molecule has 3 aromatic rings. The zero-order valence-corrected chi connectivity index (χ0v) is 13.9. The van der Waals surface area contributed by atoms with E-state index in [-0.39, 0.29) is 25.5 Å². The van der Waals surface area contributed by atoms with Gasteiger partial charge in [-0.1, -0.05) is 47.3 Å². The van der Waals surface area contributed by atoms with E-state index < -0.39 is 0 Å². The Hall–Kier alpha value is -3.26. The minimum absolute atomic E-state index is 0.145. The fourth-order valence-electron chi connectivity index (χ4n) is 2.37. The smallest absolute Gasteiger partial charge is 0.226 e. The lowest BCUT2D eigenvalue weighted by Gasteiger charge is -2.04. The molecule has 0 aliphatic heterocycles. The van der Waals surface area contributed by atoms with Gasteiger partial charge in [0.2, 0.25) is 5.91 Å². The van der Waals surface area contributed by atoms with Crippen molar-refractivity contribution in [2.24, 2.45) is 0 Å². The molecule has 1 heterocycles. The number of nitrogens with one attached hydrogen (secondary N) is 1. The molecule has 0 spiro atoms. The highest BCUT2D eigenvalue weighted by Gasteiger charge is 2.11. The molecule has 25 heavy (non-hydrogen) atoms. The van der Waals surface area contributed by atoms with Gasteiger partial charge in [0.25, 0.3) is 0 Å². The van der Waals surface area contributed by atoms with E-state index in [2.05, 4.69) is 22.3 Å². The maximum atomic E-state index is 12.0. The first-order valence-electron chi connectivity index (χ1n) is 7.98. The summed E-state index contributed by atoms with van der Waals surface area (Å²) in [6, 6.07) is 15.2. The van der Waals surface area contributed by atoms with Crippen LogP contribution < -0.4 is 10.1 Å². The second-order valence-corrected chi connectivity index (χ2v) is 5.49. The Bertz CT molecular complexity index is 935. The molecule has 5 nitrogen and oxygen atoms in total. The molecule has 3 rings (SSSR count). The molecule has 0 saturated carbocycles. The quantitative estimate of drug-likeness (QED) is 0.729. The molecule has 0 aliphatic carbocycles. The zero-order chi connectivity index (χ0) is 17.5. The highest BCUT2D eigenvalue weighted by atomic mass is 16.5. The summed E-state index contributed by atoms with van der Waals surface area (Å²) in [4.78, 5) is 12.0. The predicted octanol–water partition coefficient (Wildman–Crippen LogP) is 2.88. The number of carbonyl (C=O) groups is 1. The SMILES string of the molecule is Cc1ccccc1OCC#CCNC(=O)Cc1noc2ccccc12. The van der Waals surface area contributed by atoms with Crippen LogP contribution in [0, 0.1) is 18.8 Å². The van der Waals surface area contributed by atoms with Crippen molar-refractivity contribution in [2.45, 2.75) is 13.3 Å². The Labute approximate surface area is 146 Å². The van der Waals surface area contributed by atoms with Crippen LogP contribution in [0.1, 0.15) is 11.3 Å². The molecule has 0 unspecified atom stereocenters.